The zero-order valence-corrected chi connectivity index (χ0v) is 19.0. The third-order valence-electron chi connectivity index (χ3n) is 2.10. The first-order valence-electron chi connectivity index (χ1n) is 5.06. The third kappa shape index (κ3) is 5.60. The molecule has 1 rings (SSSR count). The molecule has 1 aromatic rings. The van der Waals surface area contributed by atoms with E-state index >= 15 is 0 Å². The summed E-state index contributed by atoms with van der Waals surface area (Å²) in [5.41, 5.74) is 0.633. The van der Waals surface area contributed by atoms with Crippen LogP contribution in [-0.4, -0.2) is 9.76 Å². The Balaban J connectivity index is 3.16. The average Bonchev–Trinajstić information content (AvgIpc) is 2.33. The number of allylic oxidation sites excluding steroid dienone is 1. The van der Waals surface area contributed by atoms with E-state index in [-0.39, 0.29) is 0 Å². The Labute approximate surface area is 146 Å². The molecule has 0 N–H and O–H groups in total. The number of hydrogen-bond donors (Lipinski definition) is 0. The summed E-state index contributed by atoms with van der Waals surface area (Å²) in [7, 11) is 5.98. The number of rotatable bonds is 3. The van der Waals surface area contributed by atoms with E-state index in [0.29, 0.717) is 16.3 Å². The molecule has 0 aliphatic rings. The summed E-state index contributed by atoms with van der Waals surface area (Å²) < 4.78 is 3.87. The molecule has 0 saturated carbocycles. The van der Waals surface area contributed by atoms with Crippen molar-refractivity contribution in [2.45, 2.75) is 10.7 Å². The topological polar surface area (TPSA) is 26.3 Å². The molecule has 0 amide bonds. The van der Waals surface area contributed by atoms with Gasteiger partial charge in [0.1, 0.15) is 0 Å². The summed E-state index contributed by atoms with van der Waals surface area (Å²) in [5, 5.41) is 0.513. The van der Waals surface area contributed by atoms with Crippen LogP contribution in [0.3, 0.4) is 0 Å². The first-order valence-corrected chi connectivity index (χ1v) is 16.1. The summed E-state index contributed by atoms with van der Waals surface area (Å²) in [4.78, 5) is 11.7. The second-order valence-electron chi connectivity index (χ2n) is 3.64. The minimum absolute atomic E-state index is 0.329. The summed E-state index contributed by atoms with van der Waals surface area (Å²) in [5.74, 6) is -0.638. The summed E-state index contributed by atoms with van der Waals surface area (Å²) in [6.45, 7) is 1.80. The van der Waals surface area contributed by atoms with Crippen LogP contribution in [0.1, 0.15) is 12.5 Å². The van der Waals surface area contributed by atoms with E-state index < -0.39 is 33.1 Å². The second-order valence-corrected chi connectivity index (χ2v) is 13.9. The van der Waals surface area contributed by atoms with Gasteiger partial charge in [-0.3, -0.25) is 0 Å². The fraction of sp³-hybridized carbons (Fsp3) is 0.182. The van der Waals surface area contributed by atoms with Gasteiger partial charge in [-0.15, -0.1) is 0 Å². The van der Waals surface area contributed by atoms with Gasteiger partial charge in [0.15, 0.2) is 0 Å². The van der Waals surface area contributed by atoms with Crippen molar-refractivity contribution in [2.24, 2.45) is 0 Å². The molecule has 0 atom stereocenters. The molecular weight excluding hydrogens is 542 g/mol. The van der Waals surface area contributed by atoms with Crippen molar-refractivity contribution in [1.82, 2.24) is 0 Å². The number of esters is 1. The van der Waals surface area contributed by atoms with Gasteiger partial charge in [-0.2, -0.15) is 0 Å². The molecule has 19 heavy (non-hydrogen) atoms. The summed E-state index contributed by atoms with van der Waals surface area (Å²) in [6, 6.07) is 6.85. The van der Waals surface area contributed by atoms with Crippen LogP contribution in [0, 0.1) is 0 Å². The number of hydrogen-bond acceptors (Lipinski definition) is 2. The van der Waals surface area contributed by atoms with Gasteiger partial charge in [0.2, 0.25) is 0 Å². The molecule has 100 valence electrons. The molecular formula is C11H7Cl5HgO2. The predicted molar refractivity (Wildman–Crippen MR) is 76.3 cm³/mol. The van der Waals surface area contributed by atoms with Gasteiger partial charge >= 0.3 is 148 Å². The molecule has 0 aliphatic carbocycles. The van der Waals surface area contributed by atoms with Crippen molar-refractivity contribution in [1.29, 1.82) is 0 Å². The van der Waals surface area contributed by atoms with E-state index in [1.165, 1.54) is 0 Å². The van der Waals surface area contributed by atoms with Crippen LogP contribution in [0.15, 0.2) is 27.3 Å². The standard InChI is InChI=1S/C11H7Cl4O2.ClH.Hg/c1-2-9(17-10(16)11(13,14)15)7-4-3-5-8(12)6-7;;/h3-6H,1H3;1H;/q;;+1/p-1. The second kappa shape index (κ2) is 7.72. The zero-order chi connectivity index (χ0) is 14.6. The molecule has 0 fully saturated rings. The van der Waals surface area contributed by atoms with Crippen LogP contribution in [0.5, 0.6) is 0 Å². The van der Waals surface area contributed by atoms with Gasteiger partial charge in [0.05, 0.1) is 0 Å². The molecule has 0 unspecified atom stereocenters. The van der Waals surface area contributed by atoms with Gasteiger partial charge in [0.25, 0.3) is 0 Å². The van der Waals surface area contributed by atoms with E-state index in [4.69, 9.17) is 59.4 Å². The van der Waals surface area contributed by atoms with E-state index in [0.717, 1.165) is 3.08 Å². The first-order chi connectivity index (χ1) is 8.75. The van der Waals surface area contributed by atoms with Gasteiger partial charge in [-0.25, -0.2) is 0 Å². The number of benzene rings is 1. The molecule has 0 bridgehead atoms. The Morgan fingerprint density at radius 1 is 1.32 bits per heavy atom. The summed E-state index contributed by atoms with van der Waals surface area (Å²) in [6.07, 6.45) is 0. The molecule has 0 saturated heterocycles. The fourth-order valence-corrected chi connectivity index (χ4v) is 4.15. The maximum atomic E-state index is 11.7. The number of carbonyl (C=O) groups excluding carboxylic acids is 1. The maximum absolute atomic E-state index is 11.7. The molecule has 0 heterocycles. The Hall–Kier alpha value is 0.815. The third-order valence-corrected chi connectivity index (χ3v) is 9.12. The molecule has 0 radical (unpaired) electrons. The normalized spacial score (nSPS) is 12.5. The Morgan fingerprint density at radius 2 is 1.95 bits per heavy atom. The van der Waals surface area contributed by atoms with Gasteiger partial charge in [-0.05, 0) is 0 Å². The van der Waals surface area contributed by atoms with Crippen molar-refractivity contribution in [2.75, 3.05) is 0 Å². The van der Waals surface area contributed by atoms with E-state index in [9.17, 15) is 4.79 Å². The van der Waals surface area contributed by atoms with Crippen molar-refractivity contribution >= 4 is 66.4 Å². The molecule has 1 aromatic carbocycles. The van der Waals surface area contributed by atoms with Crippen LogP contribution in [0.2, 0.25) is 5.02 Å². The average molecular weight is 549 g/mol. The van der Waals surface area contributed by atoms with Gasteiger partial charge in [0, 0.05) is 0 Å². The molecule has 0 aliphatic heterocycles. The van der Waals surface area contributed by atoms with Crippen LogP contribution >= 0.6 is 54.7 Å². The zero-order valence-electron chi connectivity index (χ0n) is 9.72. The fourth-order valence-electron chi connectivity index (χ4n) is 1.23. The number of carbonyl (C=O) groups is 1. The van der Waals surface area contributed by atoms with Crippen molar-refractivity contribution in [3.8, 4) is 0 Å². The quantitative estimate of drug-likeness (QED) is 0.225. The SMILES string of the molecule is C/[C]([Hg][Cl])=C(\OC(=O)C(Cl)(Cl)Cl)c1cccc(Cl)c1. The van der Waals surface area contributed by atoms with Gasteiger partial charge in [-0.1, -0.05) is 0 Å². The Morgan fingerprint density at radius 3 is 2.42 bits per heavy atom. The minimum atomic E-state index is -2.13. The van der Waals surface area contributed by atoms with E-state index in [1.807, 2.05) is 0 Å². The van der Waals surface area contributed by atoms with Crippen LogP contribution in [0.25, 0.3) is 5.76 Å². The molecule has 8 heteroatoms. The number of ether oxygens (including phenoxy) is 1. The number of alkyl halides is 3. The van der Waals surface area contributed by atoms with E-state index in [2.05, 4.69) is 0 Å². The number of halogens is 5. The molecule has 0 spiro atoms. The molecule has 2 nitrogen and oxygen atoms in total. The Bertz CT molecular complexity index is 510. The van der Waals surface area contributed by atoms with Gasteiger partial charge < -0.3 is 0 Å². The van der Waals surface area contributed by atoms with Crippen molar-refractivity contribution < 1.29 is 32.9 Å². The predicted octanol–water partition coefficient (Wildman–Crippen LogP) is 5.18. The Kier molecular flexibility index (Phi) is 7.26. The van der Waals surface area contributed by atoms with Crippen LogP contribution < -0.4 is 0 Å². The van der Waals surface area contributed by atoms with Crippen molar-refractivity contribution in [3.63, 3.8) is 0 Å². The van der Waals surface area contributed by atoms with Crippen LogP contribution in [0.4, 0.5) is 0 Å². The van der Waals surface area contributed by atoms with Crippen molar-refractivity contribution in [3.05, 3.63) is 37.9 Å². The van der Waals surface area contributed by atoms with Crippen LogP contribution in [-0.2, 0) is 32.9 Å². The first kappa shape index (κ1) is 17.9. The van der Waals surface area contributed by atoms with E-state index in [1.54, 1.807) is 31.2 Å². The monoisotopic (exact) mass is 548 g/mol. The summed E-state index contributed by atoms with van der Waals surface area (Å²) >= 11 is 20.6. The molecule has 0 aromatic heterocycles.